The summed E-state index contributed by atoms with van der Waals surface area (Å²) in [7, 11) is 0. The lowest BCUT2D eigenvalue weighted by Gasteiger charge is -2.18. The Morgan fingerprint density at radius 3 is 2.52 bits per heavy atom. The van der Waals surface area contributed by atoms with Gasteiger partial charge in [0.2, 0.25) is 0 Å². The fourth-order valence-corrected chi connectivity index (χ4v) is 5.52. The molecule has 4 nitrogen and oxygen atoms in total. The third-order valence-electron chi connectivity index (χ3n) is 5.37. The molecule has 1 heterocycles. The first-order valence-corrected chi connectivity index (χ1v) is 12.8. The first kappa shape index (κ1) is 22.1. The lowest BCUT2D eigenvalue weighted by Crippen LogP contribution is -2.09. The number of hydrogen-bond donors (Lipinski definition) is 1. The third kappa shape index (κ3) is 4.96. The summed E-state index contributed by atoms with van der Waals surface area (Å²) >= 11 is 4.04. The smallest absolute Gasteiger partial charge is 0.174 e. The van der Waals surface area contributed by atoms with Gasteiger partial charge in [0.1, 0.15) is 17.0 Å². The molecule has 0 fully saturated rings. The van der Waals surface area contributed by atoms with E-state index < -0.39 is 0 Å². The van der Waals surface area contributed by atoms with Gasteiger partial charge >= 0.3 is 0 Å². The largest absolute Gasteiger partial charge is 0.490 e. The van der Waals surface area contributed by atoms with Gasteiger partial charge in [0.25, 0.3) is 0 Å². The molecule has 0 aromatic heterocycles. The van der Waals surface area contributed by atoms with Crippen LogP contribution in [0.25, 0.3) is 10.8 Å². The molecule has 0 radical (unpaired) electrons. The molecule has 33 heavy (non-hydrogen) atoms. The van der Waals surface area contributed by atoms with Crippen LogP contribution in [0, 0.1) is 3.57 Å². The molecule has 6 heteroatoms. The van der Waals surface area contributed by atoms with E-state index in [9.17, 15) is 0 Å². The Morgan fingerprint density at radius 2 is 1.70 bits per heavy atom. The Bertz CT molecular complexity index is 1310. The number of rotatable bonds is 7. The highest BCUT2D eigenvalue weighted by atomic mass is 127. The Kier molecular flexibility index (Phi) is 6.73. The van der Waals surface area contributed by atoms with E-state index in [-0.39, 0.29) is 5.37 Å². The molecule has 4 aromatic carbocycles. The van der Waals surface area contributed by atoms with Crippen LogP contribution in [0.15, 0.2) is 90.0 Å². The van der Waals surface area contributed by atoms with Crippen molar-refractivity contribution < 1.29 is 9.47 Å². The van der Waals surface area contributed by atoms with Crippen LogP contribution in [-0.2, 0) is 6.61 Å². The van der Waals surface area contributed by atoms with Crippen LogP contribution in [0.5, 0.6) is 11.5 Å². The molecule has 0 saturated heterocycles. The minimum absolute atomic E-state index is 0.0301. The zero-order chi connectivity index (χ0) is 22.6. The molecule has 0 aliphatic carbocycles. The number of nitrogens with zero attached hydrogens (tertiary/aromatic N) is 1. The van der Waals surface area contributed by atoms with Gasteiger partial charge in [0.15, 0.2) is 11.5 Å². The maximum Gasteiger partial charge on any atom is 0.174 e. The second-order valence-corrected chi connectivity index (χ2v) is 9.90. The number of hydrazone groups is 1. The van der Waals surface area contributed by atoms with Gasteiger partial charge in [-0.05, 0) is 69.6 Å². The van der Waals surface area contributed by atoms with E-state index >= 15 is 0 Å². The van der Waals surface area contributed by atoms with Crippen molar-refractivity contribution in [1.29, 1.82) is 0 Å². The molecule has 1 aliphatic heterocycles. The lowest BCUT2D eigenvalue weighted by molar-refractivity contribution is 0.267. The van der Waals surface area contributed by atoms with Gasteiger partial charge in [-0.25, -0.2) is 0 Å². The molecule has 1 aliphatic rings. The highest BCUT2D eigenvalue weighted by Gasteiger charge is 2.24. The highest BCUT2D eigenvalue weighted by Crippen LogP contribution is 2.41. The van der Waals surface area contributed by atoms with Crippen molar-refractivity contribution in [3.63, 3.8) is 0 Å². The van der Waals surface area contributed by atoms with E-state index in [1.165, 1.54) is 10.8 Å². The first-order chi connectivity index (χ1) is 16.2. The summed E-state index contributed by atoms with van der Waals surface area (Å²) in [5.41, 5.74) is 6.62. The van der Waals surface area contributed by atoms with Gasteiger partial charge in [0.05, 0.1) is 10.2 Å². The van der Waals surface area contributed by atoms with E-state index in [1.807, 2.05) is 25.1 Å². The fourth-order valence-electron chi connectivity index (χ4n) is 3.76. The molecular formula is C27H23IN2O2S. The second kappa shape index (κ2) is 10.1. The number of ether oxygens (including phenoxy) is 2. The van der Waals surface area contributed by atoms with Crippen LogP contribution >= 0.6 is 34.4 Å². The summed E-state index contributed by atoms with van der Waals surface area (Å²) < 4.78 is 13.3. The molecule has 4 aromatic rings. The number of benzene rings is 4. The van der Waals surface area contributed by atoms with Crippen molar-refractivity contribution in [2.45, 2.75) is 18.9 Å². The number of nitrogens with one attached hydrogen (secondary N) is 1. The van der Waals surface area contributed by atoms with Crippen molar-refractivity contribution in [2.75, 3.05) is 6.61 Å². The molecule has 1 atom stereocenters. The van der Waals surface area contributed by atoms with Crippen LogP contribution in [0.1, 0.15) is 29.0 Å². The van der Waals surface area contributed by atoms with Crippen molar-refractivity contribution in [3.05, 3.63) is 105 Å². The predicted molar refractivity (Wildman–Crippen MR) is 145 cm³/mol. The summed E-state index contributed by atoms with van der Waals surface area (Å²) in [6.07, 6.45) is 0. The minimum Gasteiger partial charge on any atom is -0.490 e. The predicted octanol–water partition coefficient (Wildman–Crippen LogP) is 7.12. The van der Waals surface area contributed by atoms with Crippen molar-refractivity contribution in [2.24, 2.45) is 5.10 Å². The molecule has 0 saturated carbocycles. The minimum atomic E-state index is 0.0301. The second-order valence-electron chi connectivity index (χ2n) is 7.64. The lowest BCUT2D eigenvalue weighted by atomic mass is 10.1. The van der Waals surface area contributed by atoms with E-state index in [2.05, 4.69) is 99.8 Å². The number of thioether (sulfide) groups is 1. The van der Waals surface area contributed by atoms with Gasteiger partial charge in [-0.15, -0.1) is 0 Å². The summed E-state index contributed by atoms with van der Waals surface area (Å²) in [5, 5.41) is 8.01. The Balaban J connectivity index is 1.35. The van der Waals surface area contributed by atoms with Crippen molar-refractivity contribution >= 4 is 50.2 Å². The SMILES string of the molecule is CCOc1cc([C@@H]2NN=C(c3ccccc3)S2)cc(I)c1OCc1ccc2ccccc2c1. The summed E-state index contributed by atoms with van der Waals surface area (Å²) in [6.45, 7) is 3.05. The van der Waals surface area contributed by atoms with E-state index in [4.69, 9.17) is 9.47 Å². The molecule has 0 spiro atoms. The van der Waals surface area contributed by atoms with Crippen LogP contribution in [-0.4, -0.2) is 11.7 Å². The zero-order valence-corrected chi connectivity index (χ0v) is 21.1. The van der Waals surface area contributed by atoms with Crippen LogP contribution in [0.3, 0.4) is 0 Å². The maximum absolute atomic E-state index is 6.28. The first-order valence-electron chi connectivity index (χ1n) is 10.8. The molecule has 1 N–H and O–H groups in total. The molecule has 166 valence electrons. The van der Waals surface area contributed by atoms with Gasteiger partial charge in [-0.3, -0.25) is 5.43 Å². The third-order valence-corrected chi connectivity index (χ3v) is 7.33. The quantitative estimate of drug-likeness (QED) is 0.242. The fraction of sp³-hybridized carbons (Fsp3) is 0.148. The molecule has 0 bridgehead atoms. The highest BCUT2D eigenvalue weighted by molar-refractivity contribution is 14.1. The van der Waals surface area contributed by atoms with E-state index in [1.54, 1.807) is 11.8 Å². The molecule has 0 amide bonds. The van der Waals surface area contributed by atoms with Crippen LogP contribution in [0.4, 0.5) is 0 Å². The number of halogens is 1. The zero-order valence-electron chi connectivity index (χ0n) is 18.1. The summed E-state index contributed by atoms with van der Waals surface area (Å²) in [5.74, 6) is 1.54. The van der Waals surface area contributed by atoms with Gasteiger partial charge in [0, 0.05) is 5.56 Å². The molecule has 0 unspecified atom stereocenters. The van der Waals surface area contributed by atoms with Crippen LogP contribution in [0.2, 0.25) is 0 Å². The Labute approximate surface area is 211 Å². The monoisotopic (exact) mass is 566 g/mol. The average molecular weight is 566 g/mol. The van der Waals surface area contributed by atoms with E-state index in [0.717, 1.165) is 36.8 Å². The molecule has 5 rings (SSSR count). The number of hydrogen-bond acceptors (Lipinski definition) is 5. The standard InChI is InChI=1S/C27H23IN2O2S/c1-2-31-24-16-22(27-30-29-26(33-27)20-9-4-3-5-10-20)15-23(28)25(24)32-17-18-12-13-19-8-6-7-11-21(19)14-18/h3-16,27,30H,2,17H2,1H3/t27-/m1/s1. The number of fused-ring (bicyclic) bond motifs is 1. The maximum atomic E-state index is 6.28. The summed E-state index contributed by atoms with van der Waals surface area (Å²) in [6, 6.07) is 29.2. The summed E-state index contributed by atoms with van der Waals surface area (Å²) in [4.78, 5) is 0. The van der Waals surface area contributed by atoms with E-state index in [0.29, 0.717) is 13.2 Å². The Morgan fingerprint density at radius 1 is 0.909 bits per heavy atom. The van der Waals surface area contributed by atoms with Gasteiger partial charge < -0.3 is 9.47 Å². The average Bonchev–Trinajstić information content (AvgIpc) is 3.34. The Hall–Kier alpha value is -2.71. The molecular weight excluding hydrogens is 543 g/mol. The van der Waals surface area contributed by atoms with Crippen molar-refractivity contribution in [1.82, 2.24) is 5.43 Å². The topological polar surface area (TPSA) is 42.8 Å². The van der Waals surface area contributed by atoms with Gasteiger partial charge in [-0.1, -0.05) is 78.5 Å². The normalized spacial score (nSPS) is 15.2. The van der Waals surface area contributed by atoms with Crippen molar-refractivity contribution in [3.8, 4) is 11.5 Å². The van der Waals surface area contributed by atoms with Gasteiger partial charge in [-0.2, -0.15) is 5.10 Å². The van der Waals surface area contributed by atoms with Crippen LogP contribution < -0.4 is 14.9 Å².